The van der Waals surface area contributed by atoms with Crippen molar-refractivity contribution in [1.29, 1.82) is 0 Å². The molecule has 0 amide bonds. The summed E-state index contributed by atoms with van der Waals surface area (Å²) >= 11 is 1.26. The highest BCUT2D eigenvalue weighted by Gasteiger charge is 2.28. The fourth-order valence-electron chi connectivity index (χ4n) is 1.58. The molecule has 1 saturated carbocycles. The minimum Gasteiger partial charge on any atom is -0.508 e. The van der Waals surface area contributed by atoms with Crippen molar-refractivity contribution in [3.63, 3.8) is 0 Å². The molecule has 1 N–H and O–H groups in total. The zero-order chi connectivity index (χ0) is 11.8. The number of nitrogens with zero attached hydrogens (tertiary/aromatic N) is 2. The molecule has 0 bridgehead atoms. The fourth-order valence-corrected chi connectivity index (χ4v) is 2.20. The molecule has 17 heavy (non-hydrogen) atoms. The molecule has 1 aromatic carbocycles. The first-order valence-corrected chi connectivity index (χ1v) is 6.31. The SMILES string of the molecule is Cc1c(O)cccc1Oc1nc(C2CC2)ns1. The van der Waals surface area contributed by atoms with E-state index in [0.717, 1.165) is 11.4 Å². The second kappa shape index (κ2) is 4.00. The molecule has 0 radical (unpaired) electrons. The summed E-state index contributed by atoms with van der Waals surface area (Å²) in [4.78, 5) is 4.34. The topological polar surface area (TPSA) is 55.2 Å². The average molecular weight is 248 g/mol. The monoisotopic (exact) mass is 248 g/mol. The summed E-state index contributed by atoms with van der Waals surface area (Å²) in [6, 6.07) is 5.20. The van der Waals surface area contributed by atoms with Crippen molar-refractivity contribution < 1.29 is 9.84 Å². The first-order valence-electron chi connectivity index (χ1n) is 5.54. The van der Waals surface area contributed by atoms with Gasteiger partial charge in [-0.05, 0) is 31.9 Å². The van der Waals surface area contributed by atoms with E-state index in [-0.39, 0.29) is 5.75 Å². The maximum Gasteiger partial charge on any atom is 0.298 e. The molecule has 3 rings (SSSR count). The number of ether oxygens (including phenoxy) is 1. The van der Waals surface area contributed by atoms with Crippen molar-refractivity contribution in [3.05, 3.63) is 29.6 Å². The number of phenols is 1. The number of benzene rings is 1. The highest BCUT2D eigenvalue weighted by molar-refractivity contribution is 7.07. The summed E-state index contributed by atoms with van der Waals surface area (Å²) < 4.78 is 9.90. The quantitative estimate of drug-likeness (QED) is 0.906. The molecule has 88 valence electrons. The van der Waals surface area contributed by atoms with Gasteiger partial charge in [-0.3, -0.25) is 0 Å². The van der Waals surface area contributed by atoms with Crippen molar-refractivity contribution in [2.24, 2.45) is 0 Å². The highest BCUT2D eigenvalue weighted by Crippen LogP contribution is 2.40. The van der Waals surface area contributed by atoms with Gasteiger partial charge in [-0.25, -0.2) is 0 Å². The zero-order valence-corrected chi connectivity index (χ0v) is 10.2. The summed E-state index contributed by atoms with van der Waals surface area (Å²) in [5.74, 6) is 2.29. The summed E-state index contributed by atoms with van der Waals surface area (Å²) in [7, 11) is 0. The Bertz CT molecular complexity index is 549. The van der Waals surface area contributed by atoms with Crippen LogP contribution in [0.5, 0.6) is 16.7 Å². The number of aromatic hydroxyl groups is 1. The van der Waals surface area contributed by atoms with E-state index in [1.807, 2.05) is 13.0 Å². The lowest BCUT2D eigenvalue weighted by molar-refractivity contribution is 0.446. The van der Waals surface area contributed by atoms with Crippen LogP contribution < -0.4 is 4.74 Å². The van der Waals surface area contributed by atoms with Crippen LogP contribution in [0.15, 0.2) is 18.2 Å². The molecule has 5 heteroatoms. The maximum atomic E-state index is 9.57. The predicted molar refractivity (Wildman–Crippen MR) is 64.8 cm³/mol. The van der Waals surface area contributed by atoms with E-state index < -0.39 is 0 Å². The van der Waals surface area contributed by atoms with Crippen LogP contribution in [0.3, 0.4) is 0 Å². The lowest BCUT2D eigenvalue weighted by Crippen LogP contribution is -1.88. The van der Waals surface area contributed by atoms with Crippen LogP contribution in [0, 0.1) is 6.92 Å². The molecule has 1 aliphatic rings. The van der Waals surface area contributed by atoms with Gasteiger partial charge in [-0.2, -0.15) is 9.36 Å². The van der Waals surface area contributed by atoms with Crippen LogP contribution in [0.1, 0.15) is 30.1 Å². The van der Waals surface area contributed by atoms with Crippen molar-refractivity contribution in [2.75, 3.05) is 0 Å². The Kier molecular flexibility index (Phi) is 2.48. The van der Waals surface area contributed by atoms with Crippen LogP contribution >= 0.6 is 11.5 Å². The Labute approximate surface area is 103 Å². The summed E-state index contributed by atoms with van der Waals surface area (Å²) in [6.07, 6.45) is 2.36. The molecular formula is C12H12N2O2S. The van der Waals surface area contributed by atoms with E-state index >= 15 is 0 Å². The van der Waals surface area contributed by atoms with Gasteiger partial charge >= 0.3 is 0 Å². The Morgan fingerprint density at radius 3 is 3.00 bits per heavy atom. The number of rotatable bonds is 3. The van der Waals surface area contributed by atoms with E-state index in [0.29, 0.717) is 16.9 Å². The summed E-state index contributed by atoms with van der Waals surface area (Å²) in [5, 5.41) is 10.1. The lowest BCUT2D eigenvalue weighted by atomic mass is 10.2. The summed E-state index contributed by atoms with van der Waals surface area (Å²) in [5.41, 5.74) is 0.718. The number of aromatic nitrogens is 2. The molecule has 4 nitrogen and oxygen atoms in total. The third-order valence-corrected chi connectivity index (χ3v) is 3.43. The fraction of sp³-hybridized carbons (Fsp3) is 0.333. The third-order valence-electron chi connectivity index (χ3n) is 2.82. The van der Waals surface area contributed by atoms with Crippen molar-refractivity contribution >= 4 is 11.5 Å². The molecule has 0 unspecified atom stereocenters. The molecule has 2 aromatic rings. The average Bonchev–Trinajstić information content (AvgIpc) is 3.06. The molecule has 1 aliphatic carbocycles. The van der Waals surface area contributed by atoms with Crippen LogP contribution in [-0.2, 0) is 0 Å². The van der Waals surface area contributed by atoms with E-state index in [2.05, 4.69) is 9.36 Å². The van der Waals surface area contributed by atoms with Gasteiger partial charge in [0, 0.05) is 23.0 Å². The molecule has 1 heterocycles. The van der Waals surface area contributed by atoms with Crippen LogP contribution in [-0.4, -0.2) is 14.5 Å². The molecule has 0 aliphatic heterocycles. The van der Waals surface area contributed by atoms with E-state index in [1.54, 1.807) is 12.1 Å². The number of hydrogen-bond acceptors (Lipinski definition) is 5. The Morgan fingerprint density at radius 2 is 2.24 bits per heavy atom. The summed E-state index contributed by atoms with van der Waals surface area (Å²) in [6.45, 7) is 1.81. The Balaban J connectivity index is 1.83. The van der Waals surface area contributed by atoms with Crippen molar-refractivity contribution in [3.8, 4) is 16.7 Å². The zero-order valence-electron chi connectivity index (χ0n) is 9.38. The van der Waals surface area contributed by atoms with Gasteiger partial charge < -0.3 is 9.84 Å². The van der Waals surface area contributed by atoms with Gasteiger partial charge in [-0.1, -0.05) is 6.07 Å². The predicted octanol–water partition coefficient (Wildman–Crippen LogP) is 3.22. The lowest BCUT2D eigenvalue weighted by Gasteiger charge is -2.05. The van der Waals surface area contributed by atoms with Gasteiger partial charge in [0.2, 0.25) is 0 Å². The molecule has 1 aromatic heterocycles. The van der Waals surface area contributed by atoms with Crippen LogP contribution in [0.4, 0.5) is 0 Å². The Hall–Kier alpha value is -1.62. The van der Waals surface area contributed by atoms with Crippen molar-refractivity contribution in [1.82, 2.24) is 9.36 Å². The first kappa shape index (κ1) is 10.5. The minimum atomic E-state index is 0.231. The first-order chi connectivity index (χ1) is 8.24. The standard InChI is InChI=1S/C12H12N2O2S/c1-7-9(15)3-2-4-10(7)16-12-13-11(14-17-12)8-5-6-8/h2-4,8,15H,5-6H2,1H3. The van der Waals surface area contributed by atoms with Crippen LogP contribution in [0.2, 0.25) is 0 Å². The Morgan fingerprint density at radius 1 is 1.41 bits per heavy atom. The normalized spacial score (nSPS) is 14.9. The second-order valence-corrected chi connectivity index (χ2v) is 4.91. The van der Waals surface area contributed by atoms with E-state index in [9.17, 15) is 5.11 Å². The van der Waals surface area contributed by atoms with E-state index in [1.165, 1.54) is 24.4 Å². The second-order valence-electron chi connectivity index (χ2n) is 4.20. The van der Waals surface area contributed by atoms with Crippen molar-refractivity contribution in [2.45, 2.75) is 25.7 Å². The smallest absolute Gasteiger partial charge is 0.298 e. The van der Waals surface area contributed by atoms with Gasteiger partial charge in [0.05, 0.1) is 0 Å². The third kappa shape index (κ3) is 2.10. The molecule has 0 spiro atoms. The van der Waals surface area contributed by atoms with E-state index in [4.69, 9.17) is 4.74 Å². The highest BCUT2D eigenvalue weighted by atomic mass is 32.1. The molecule has 1 fully saturated rings. The number of hydrogen-bond donors (Lipinski definition) is 1. The largest absolute Gasteiger partial charge is 0.508 e. The van der Waals surface area contributed by atoms with Gasteiger partial charge in [0.1, 0.15) is 17.3 Å². The molecular weight excluding hydrogens is 236 g/mol. The van der Waals surface area contributed by atoms with Crippen LogP contribution in [0.25, 0.3) is 0 Å². The van der Waals surface area contributed by atoms with Gasteiger partial charge in [0.15, 0.2) is 0 Å². The molecule has 0 saturated heterocycles. The number of phenolic OH excluding ortho intramolecular Hbond substituents is 1. The minimum absolute atomic E-state index is 0.231. The van der Waals surface area contributed by atoms with Gasteiger partial charge in [0.25, 0.3) is 5.19 Å². The molecule has 0 atom stereocenters. The maximum absolute atomic E-state index is 9.57. The van der Waals surface area contributed by atoms with Gasteiger partial charge in [-0.15, -0.1) is 0 Å².